The molecule has 0 fully saturated rings. The zero-order valence-corrected chi connectivity index (χ0v) is 12.7. The van der Waals surface area contributed by atoms with E-state index in [9.17, 15) is 10.1 Å². The molecule has 2 heterocycles. The Morgan fingerprint density at radius 3 is 2.35 bits per heavy atom. The van der Waals surface area contributed by atoms with E-state index in [1.165, 1.54) is 6.07 Å². The first-order chi connectivity index (χ1) is 11.0. The van der Waals surface area contributed by atoms with Crippen molar-refractivity contribution >= 4 is 39.4 Å². The number of aromatic nitrogens is 4. The molecular weight excluding hydrogens is 318 g/mol. The molecule has 0 amide bonds. The first-order valence-corrected chi connectivity index (χ1v) is 7.20. The molecule has 0 aliphatic rings. The maximum Gasteiger partial charge on any atom is 0.315 e. The molecule has 0 aliphatic heterocycles. The molecule has 0 unspecified atom stereocenters. The van der Waals surface area contributed by atoms with Gasteiger partial charge in [0.2, 0.25) is 0 Å². The smallest absolute Gasteiger partial charge is 0.315 e. The first-order valence-electron chi connectivity index (χ1n) is 6.83. The van der Waals surface area contributed by atoms with Gasteiger partial charge in [-0.2, -0.15) is 0 Å². The molecule has 2 aromatic carbocycles. The number of nitro groups is 1. The Labute approximate surface area is 134 Å². The van der Waals surface area contributed by atoms with Gasteiger partial charge in [-0.3, -0.25) is 10.1 Å². The Bertz CT molecular complexity index is 1080. The number of para-hydroxylation sites is 1. The highest BCUT2D eigenvalue weighted by Gasteiger charge is 2.22. The molecule has 0 spiro atoms. The van der Waals surface area contributed by atoms with Gasteiger partial charge in [0.15, 0.2) is 17.2 Å². The molecule has 4 rings (SSSR count). The zero-order chi connectivity index (χ0) is 16.1. The summed E-state index contributed by atoms with van der Waals surface area (Å²) in [4.78, 5) is 25.7. The minimum atomic E-state index is -0.530. The largest absolute Gasteiger partial charge is 0.335 e. The lowest BCUT2D eigenvalue weighted by molar-refractivity contribution is -0.383. The summed E-state index contributed by atoms with van der Waals surface area (Å²) >= 11 is 5.92. The van der Waals surface area contributed by atoms with Crippen molar-refractivity contribution in [1.29, 1.82) is 0 Å². The van der Waals surface area contributed by atoms with Crippen molar-refractivity contribution in [3.63, 3.8) is 0 Å². The minimum absolute atomic E-state index is 0.0565. The van der Waals surface area contributed by atoms with E-state index >= 15 is 0 Å². The van der Waals surface area contributed by atoms with Crippen LogP contribution in [0, 0.1) is 17.0 Å². The standard InChI is InChI=1S/C15H10ClN5O2/c1-7-3-2-4-9-11(7)19-14(17-9)15-18-10-6-5-8(16)13(21(22)23)12(10)20-15/h2-6H,1H3,(H,17,19)(H,18,20). The second-order valence-corrected chi connectivity index (χ2v) is 5.60. The SMILES string of the molecule is Cc1cccc2[nH]c(-c3nc4c([N+](=O)[O-])c(Cl)ccc4[nH]3)nc12. The Morgan fingerprint density at radius 1 is 1.04 bits per heavy atom. The van der Waals surface area contributed by atoms with Crippen LogP contribution in [0.25, 0.3) is 33.7 Å². The van der Waals surface area contributed by atoms with E-state index < -0.39 is 4.92 Å². The van der Waals surface area contributed by atoms with Crippen LogP contribution in [0.2, 0.25) is 5.02 Å². The maximum absolute atomic E-state index is 11.2. The highest BCUT2D eigenvalue weighted by atomic mass is 35.5. The summed E-state index contributed by atoms with van der Waals surface area (Å²) in [5, 5.41) is 11.3. The van der Waals surface area contributed by atoms with Crippen LogP contribution in [0.1, 0.15) is 5.56 Å². The quantitative estimate of drug-likeness (QED) is 0.429. The monoisotopic (exact) mass is 327 g/mol. The Morgan fingerprint density at radius 2 is 1.70 bits per heavy atom. The molecule has 0 bridgehead atoms. The Hall–Kier alpha value is -2.93. The molecule has 7 nitrogen and oxygen atoms in total. The van der Waals surface area contributed by atoms with Crippen LogP contribution in [0.3, 0.4) is 0 Å². The van der Waals surface area contributed by atoms with Crippen molar-refractivity contribution in [2.45, 2.75) is 6.92 Å². The first kappa shape index (κ1) is 13.7. The van der Waals surface area contributed by atoms with Crippen LogP contribution in [0.5, 0.6) is 0 Å². The fraction of sp³-hybridized carbons (Fsp3) is 0.0667. The molecule has 0 radical (unpaired) electrons. The number of fused-ring (bicyclic) bond motifs is 2. The summed E-state index contributed by atoms with van der Waals surface area (Å²) in [6.45, 7) is 1.97. The number of nitro benzene ring substituents is 1. The van der Waals surface area contributed by atoms with Crippen molar-refractivity contribution in [2.75, 3.05) is 0 Å². The van der Waals surface area contributed by atoms with E-state index in [0.717, 1.165) is 16.6 Å². The number of hydrogen-bond acceptors (Lipinski definition) is 4. The number of rotatable bonds is 2. The normalized spacial score (nSPS) is 11.4. The number of nitrogens with zero attached hydrogens (tertiary/aromatic N) is 3. The van der Waals surface area contributed by atoms with Crippen LogP contribution in [-0.4, -0.2) is 24.9 Å². The molecule has 8 heteroatoms. The third-order valence-electron chi connectivity index (χ3n) is 3.70. The molecule has 2 aromatic heterocycles. The van der Waals surface area contributed by atoms with Gasteiger partial charge in [0, 0.05) is 0 Å². The van der Waals surface area contributed by atoms with Crippen LogP contribution in [0.15, 0.2) is 30.3 Å². The Balaban J connectivity index is 1.96. The Kier molecular flexibility index (Phi) is 2.85. The fourth-order valence-electron chi connectivity index (χ4n) is 2.61. The van der Waals surface area contributed by atoms with Gasteiger partial charge in [-0.15, -0.1) is 0 Å². The molecule has 23 heavy (non-hydrogen) atoms. The number of nitrogens with one attached hydrogen (secondary N) is 2. The van der Waals surface area contributed by atoms with Gasteiger partial charge in [0.25, 0.3) is 0 Å². The number of aromatic amines is 2. The van der Waals surface area contributed by atoms with Crippen LogP contribution in [-0.2, 0) is 0 Å². The topological polar surface area (TPSA) is 100 Å². The summed E-state index contributed by atoms with van der Waals surface area (Å²) < 4.78 is 0. The van der Waals surface area contributed by atoms with Crippen molar-refractivity contribution in [3.05, 3.63) is 51.0 Å². The van der Waals surface area contributed by atoms with E-state index in [4.69, 9.17) is 11.6 Å². The van der Waals surface area contributed by atoms with E-state index in [2.05, 4.69) is 19.9 Å². The molecule has 0 saturated heterocycles. The fourth-order valence-corrected chi connectivity index (χ4v) is 2.83. The molecule has 0 saturated carbocycles. The van der Waals surface area contributed by atoms with Gasteiger partial charge in [0.1, 0.15) is 5.02 Å². The highest BCUT2D eigenvalue weighted by molar-refractivity contribution is 6.33. The van der Waals surface area contributed by atoms with Gasteiger partial charge in [0.05, 0.1) is 21.5 Å². The second kappa shape index (κ2) is 4.79. The van der Waals surface area contributed by atoms with Gasteiger partial charge >= 0.3 is 5.69 Å². The lowest BCUT2D eigenvalue weighted by Crippen LogP contribution is -1.90. The number of benzene rings is 2. The van der Waals surface area contributed by atoms with E-state index in [-0.39, 0.29) is 16.2 Å². The number of imidazole rings is 2. The predicted octanol–water partition coefficient (Wildman–Crippen LogP) is 3.98. The summed E-state index contributed by atoms with van der Waals surface area (Å²) in [6.07, 6.45) is 0. The zero-order valence-electron chi connectivity index (χ0n) is 11.9. The molecule has 2 N–H and O–H groups in total. The average molecular weight is 328 g/mol. The average Bonchev–Trinajstić information content (AvgIpc) is 3.10. The van der Waals surface area contributed by atoms with Gasteiger partial charge in [-0.1, -0.05) is 23.7 Å². The van der Waals surface area contributed by atoms with Crippen molar-refractivity contribution in [3.8, 4) is 11.6 Å². The van der Waals surface area contributed by atoms with Crippen LogP contribution >= 0.6 is 11.6 Å². The minimum Gasteiger partial charge on any atom is -0.335 e. The van der Waals surface area contributed by atoms with E-state index in [1.54, 1.807) is 6.07 Å². The lowest BCUT2D eigenvalue weighted by Gasteiger charge is -1.94. The van der Waals surface area contributed by atoms with E-state index in [0.29, 0.717) is 17.2 Å². The molecule has 114 valence electrons. The molecule has 4 aromatic rings. The van der Waals surface area contributed by atoms with Crippen LogP contribution < -0.4 is 0 Å². The number of halogens is 1. The summed E-state index contributed by atoms with van der Waals surface area (Å²) in [5.41, 5.74) is 3.31. The summed E-state index contributed by atoms with van der Waals surface area (Å²) in [7, 11) is 0. The maximum atomic E-state index is 11.2. The van der Waals surface area contributed by atoms with Crippen molar-refractivity contribution in [2.24, 2.45) is 0 Å². The van der Waals surface area contributed by atoms with E-state index in [1.807, 2.05) is 25.1 Å². The molecule has 0 aliphatic carbocycles. The highest BCUT2D eigenvalue weighted by Crippen LogP contribution is 2.33. The predicted molar refractivity (Wildman–Crippen MR) is 87.6 cm³/mol. The molecular formula is C15H10ClN5O2. The van der Waals surface area contributed by atoms with Crippen molar-refractivity contribution in [1.82, 2.24) is 19.9 Å². The number of aryl methyl sites for hydroxylation is 1. The number of hydrogen-bond donors (Lipinski definition) is 2. The van der Waals surface area contributed by atoms with Gasteiger partial charge < -0.3 is 9.97 Å². The summed E-state index contributed by atoms with van der Waals surface area (Å²) in [6, 6.07) is 8.96. The third-order valence-corrected chi connectivity index (χ3v) is 4.00. The van der Waals surface area contributed by atoms with Crippen molar-refractivity contribution < 1.29 is 4.92 Å². The summed E-state index contributed by atoms with van der Waals surface area (Å²) in [5.74, 6) is 0.955. The molecule has 0 atom stereocenters. The van der Waals surface area contributed by atoms with Gasteiger partial charge in [-0.25, -0.2) is 9.97 Å². The van der Waals surface area contributed by atoms with Crippen LogP contribution in [0.4, 0.5) is 5.69 Å². The lowest BCUT2D eigenvalue weighted by atomic mass is 10.2. The second-order valence-electron chi connectivity index (χ2n) is 5.19. The third kappa shape index (κ3) is 2.05. The van der Waals surface area contributed by atoms with Gasteiger partial charge in [-0.05, 0) is 30.7 Å². The number of H-pyrrole nitrogens is 2.